The van der Waals surface area contributed by atoms with Crippen molar-refractivity contribution >= 4 is 65.7 Å². The maximum atomic E-state index is 6.74. The molecule has 0 unspecified atom stereocenters. The van der Waals surface area contributed by atoms with E-state index in [9.17, 15) is 0 Å². The van der Waals surface area contributed by atoms with E-state index < -0.39 is 0 Å². The molecule has 0 spiro atoms. The fraction of sp³-hybridized carbons (Fsp3) is 0. The first kappa shape index (κ1) is 38.8. The number of fused-ring (bicyclic) bond motifs is 9. The first-order chi connectivity index (χ1) is 34.2. The van der Waals surface area contributed by atoms with Crippen LogP contribution in [-0.2, 0) is 0 Å². The maximum absolute atomic E-state index is 6.74. The third kappa shape index (κ3) is 6.45. The van der Waals surface area contributed by atoms with E-state index in [1.165, 1.54) is 21.9 Å². The molecule has 0 aliphatic heterocycles. The Hall–Kier alpha value is -9.39. The van der Waals surface area contributed by atoms with E-state index in [-0.39, 0.29) is 0 Å². The van der Waals surface area contributed by atoms with Crippen LogP contribution >= 0.6 is 0 Å². The van der Waals surface area contributed by atoms with Gasteiger partial charge in [0, 0.05) is 55.2 Å². The zero-order chi connectivity index (χ0) is 45.4. The molecule has 69 heavy (non-hydrogen) atoms. The molecule has 0 bridgehead atoms. The van der Waals surface area contributed by atoms with Crippen molar-refractivity contribution < 1.29 is 8.83 Å². The zero-order valence-corrected chi connectivity index (χ0v) is 37.0. The van der Waals surface area contributed by atoms with Crippen LogP contribution in [0.25, 0.3) is 139 Å². The largest absolute Gasteiger partial charge is 0.456 e. The predicted molar refractivity (Wildman–Crippen MR) is 281 cm³/mol. The Morgan fingerprint density at radius 2 is 0.855 bits per heavy atom. The summed E-state index contributed by atoms with van der Waals surface area (Å²) >= 11 is 0. The molecule has 0 saturated heterocycles. The molecule has 0 atom stereocenters. The molecular formula is C63H38N4O2. The van der Waals surface area contributed by atoms with E-state index in [4.69, 9.17) is 23.8 Å². The predicted octanol–water partition coefficient (Wildman–Crippen LogP) is 16.8. The Kier molecular flexibility index (Phi) is 8.79. The molecule has 6 heteroatoms. The lowest BCUT2D eigenvalue weighted by Crippen LogP contribution is -2.00. The fourth-order valence-corrected chi connectivity index (χ4v) is 10.2. The minimum absolute atomic E-state index is 0.544. The second-order valence-electron chi connectivity index (χ2n) is 17.5. The number of nitrogens with zero attached hydrogens (tertiary/aromatic N) is 4. The fourth-order valence-electron chi connectivity index (χ4n) is 10.2. The second kappa shape index (κ2) is 15.6. The molecule has 322 valence electrons. The smallest absolute Gasteiger partial charge is 0.167 e. The second-order valence-corrected chi connectivity index (χ2v) is 17.5. The van der Waals surface area contributed by atoms with E-state index in [2.05, 4.69) is 193 Å². The Morgan fingerprint density at radius 3 is 1.64 bits per heavy atom. The minimum Gasteiger partial charge on any atom is -0.456 e. The highest BCUT2D eigenvalue weighted by atomic mass is 16.3. The summed E-state index contributed by atoms with van der Waals surface area (Å²) in [5.74, 6) is 1.73. The number of para-hydroxylation sites is 2. The molecule has 4 heterocycles. The van der Waals surface area contributed by atoms with Crippen LogP contribution in [0.1, 0.15) is 0 Å². The SMILES string of the molecule is c1ccc(-c2ccc(-c3nc(-c4ccccc4)nc(-c4cccc5c4oc4ccc(-c6cccc7oc8cc(-n9c%10ccccc%10c%10cc(-c%11ccccc%11)ccc%109)ccc8c67)cc45)n3)cc2)cc1. The molecule has 4 aromatic heterocycles. The van der Waals surface area contributed by atoms with Crippen molar-refractivity contribution in [2.24, 2.45) is 0 Å². The molecule has 0 amide bonds. The molecule has 0 saturated carbocycles. The number of rotatable bonds is 7. The minimum atomic E-state index is 0.544. The highest BCUT2D eigenvalue weighted by Gasteiger charge is 2.21. The van der Waals surface area contributed by atoms with Crippen LogP contribution in [-0.4, -0.2) is 19.5 Å². The van der Waals surface area contributed by atoms with Crippen LogP contribution in [0.4, 0.5) is 0 Å². The van der Waals surface area contributed by atoms with Crippen molar-refractivity contribution in [2.75, 3.05) is 0 Å². The van der Waals surface area contributed by atoms with Gasteiger partial charge in [-0.3, -0.25) is 0 Å². The average molecular weight is 883 g/mol. The molecule has 14 aromatic rings. The summed E-state index contributed by atoms with van der Waals surface area (Å²) in [5, 5.41) is 6.55. The summed E-state index contributed by atoms with van der Waals surface area (Å²) in [6.07, 6.45) is 0. The van der Waals surface area contributed by atoms with Gasteiger partial charge in [0.15, 0.2) is 17.5 Å². The first-order valence-corrected chi connectivity index (χ1v) is 23.2. The third-order valence-corrected chi connectivity index (χ3v) is 13.5. The summed E-state index contributed by atoms with van der Waals surface area (Å²) in [6.45, 7) is 0. The van der Waals surface area contributed by atoms with Crippen molar-refractivity contribution in [3.05, 3.63) is 231 Å². The molecule has 0 N–H and O–H groups in total. The van der Waals surface area contributed by atoms with Gasteiger partial charge in [-0.1, -0.05) is 170 Å². The molecule has 6 nitrogen and oxygen atoms in total. The number of aromatic nitrogens is 4. The molecule has 0 fully saturated rings. The number of hydrogen-bond donors (Lipinski definition) is 0. The lowest BCUT2D eigenvalue weighted by molar-refractivity contribution is 0.668. The van der Waals surface area contributed by atoms with Gasteiger partial charge in [0.2, 0.25) is 0 Å². The summed E-state index contributed by atoms with van der Waals surface area (Å²) in [6, 6.07) is 80.4. The normalized spacial score (nSPS) is 11.8. The Labute approximate surface area is 396 Å². The molecule has 0 aliphatic rings. The molecule has 10 aromatic carbocycles. The van der Waals surface area contributed by atoms with Crippen LogP contribution < -0.4 is 0 Å². The van der Waals surface area contributed by atoms with Crippen molar-refractivity contribution in [1.82, 2.24) is 19.5 Å². The molecule has 14 rings (SSSR count). The van der Waals surface area contributed by atoms with Crippen LogP contribution in [0.5, 0.6) is 0 Å². The standard InChI is InChI=1S/C63H38N4O2/c1-4-14-39(15-5-1)41-26-28-43(29-27-41)62-64-61(42-18-8-3-9-19-42)65-63(66-62)51-23-12-22-49-53-37-45(31-35-56(53)69-60(49)51)47-21-13-25-57-59(47)50-33-32-46(38-58(50)68-57)67-54-24-11-10-20-48(54)52-36-44(30-34-55(52)67)40-16-6-2-7-17-40/h1-38H. The highest BCUT2D eigenvalue weighted by molar-refractivity contribution is 6.16. The Balaban J connectivity index is 0.866. The van der Waals surface area contributed by atoms with Crippen LogP contribution in [0.3, 0.4) is 0 Å². The average Bonchev–Trinajstić information content (AvgIpc) is 4.10. The van der Waals surface area contributed by atoms with E-state index in [1.54, 1.807) is 0 Å². The number of benzene rings is 10. The summed E-state index contributed by atoms with van der Waals surface area (Å²) in [7, 11) is 0. The highest BCUT2D eigenvalue weighted by Crippen LogP contribution is 2.43. The summed E-state index contributed by atoms with van der Waals surface area (Å²) < 4.78 is 15.8. The van der Waals surface area contributed by atoms with Gasteiger partial charge < -0.3 is 13.4 Å². The zero-order valence-electron chi connectivity index (χ0n) is 37.0. The van der Waals surface area contributed by atoms with Gasteiger partial charge in [-0.05, 0) is 88.0 Å². The third-order valence-electron chi connectivity index (χ3n) is 13.5. The number of furan rings is 2. The quantitative estimate of drug-likeness (QED) is 0.159. The van der Waals surface area contributed by atoms with Crippen molar-refractivity contribution in [3.63, 3.8) is 0 Å². The van der Waals surface area contributed by atoms with Gasteiger partial charge in [-0.2, -0.15) is 0 Å². The lowest BCUT2D eigenvalue weighted by atomic mass is 9.97. The van der Waals surface area contributed by atoms with Gasteiger partial charge in [0.05, 0.1) is 16.6 Å². The Morgan fingerprint density at radius 1 is 0.290 bits per heavy atom. The van der Waals surface area contributed by atoms with Gasteiger partial charge in [-0.25, -0.2) is 15.0 Å². The summed E-state index contributed by atoms with van der Waals surface area (Å²) in [5.41, 5.74) is 16.0. The Bertz CT molecular complexity index is 4290. The van der Waals surface area contributed by atoms with E-state index in [0.29, 0.717) is 17.5 Å². The van der Waals surface area contributed by atoms with Crippen LogP contribution in [0, 0.1) is 0 Å². The van der Waals surface area contributed by atoms with E-state index >= 15 is 0 Å². The van der Waals surface area contributed by atoms with Gasteiger partial charge in [0.1, 0.15) is 22.3 Å². The molecule has 0 radical (unpaired) electrons. The monoisotopic (exact) mass is 882 g/mol. The lowest BCUT2D eigenvalue weighted by Gasteiger charge is -2.09. The first-order valence-electron chi connectivity index (χ1n) is 23.2. The molecule has 0 aliphatic carbocycles. The van der Waals surface area contributed by atoms with Crippen molar-refractivity contribution in [1.29, 1.82) is 0 Å². The van der Waals surface area contributed by atoms with Gasteiger partial charge in [-0.15, -0.1) is 0 Å². The molecular weight excluding hydrogens is 845 g/mol. The van der Waals surface area contributed by atoms with Gasteiger partial charge in [0.25, 0.3) is 0 Å². The van der Waals surface area contributed by atoms with E-state index in [1.807, 2.05) is 42.5 Å². The maximum Gasteiger partial charge on any atom is 0.167 e. The van der Waals surface area contributed by atoms with Crippen molar-refractivity contribution in [3.8, 4) is 73.2 Å². The number of hydrogen-bond acceptors (Lipinski definition) is 5. The van der Waals surface area contributed by atoms with Crippen LogP contribution in [0.15, 0.2) is 239 Å². The van der Waals surface area contributed by atoms with Gasteiger partial charge >= 0.3 is 0 Å². The topological polar surface area (TPSA) is 69.9 Å². The van der Waals surface area contributed by atoms with Crippen molar-refractivity contribution in [2.45, 2.75) is 0 Å². The summed E-state index contributed by atoms with van der Waals surface area (Å²) in [4.78, 5) is 15.2. The van der Waals surface area contributed by atoms with Crippen LogP contribution in [0.2, 0.25) is 0 Å². The van der Waals surface area contributed by atoms with E-state index in [0.717, 1.165) is 99.5 Å².